The van der Waals surface area contributed by atoms with Crippen LogP contribution < -0.4 is 5.32 Å². The summed E-state index contributed by atoms with van der Waals surface area (Å²) < 4.78 is 0. The van der Waals surface area contributed by atoms with Crippen molar-refractivity contribution in [3.05, 3.63) is 21.9 Å². The van der Waals surface area contributed by atoms with Gasteiger partial charge in [0, 0.05) is 10.9 Å². The molecule has 1 saturated carbocycles. The molecule has 1 N–H and O–H groups in total. The Morgan fingerprint density at radius 1 is 1.35 bits per heavy atom. The molecule has 1 heterocycles. The predicted octanol–water partition coefficient (Wildman–Crippen LogP) is 4.33. The first kappa shape index (κ1) is 13.1. The molecule has 2 heteroatoms. The molecule has 2 rings (SSSR count). The topological polar surface area (TPSA) is 12.0 Å². The molecule has 2 unspecified atom stereocenters. The molecule has 0 radical (unpaired) electrons. The van der Waals surface area contributed by atoms with Gasteiger partial charge in [-0.15, -0.1) is 11.3 Å². The van der Waals surface area contributed by atoms with Crippen LogP contribution in [0.2, 0.25) is 0 Å². The molecular formula is C15H25NS. The molecule has 1 aromatic heterocycles. The van der Waals surface area contributed by atoms with Gasteiger partial charge in [-0.05, 0) is 55.2 Å². The van der Waals surface area contributed by atoms with E-state index in [2.05, 4.69) is 37.5 Å². The minimum atomic E-state index is 0.613. The van der Waals surface area contributed by atoms with Crippen LogP contribution in [0, 0.1) is 12.8 Å². The van der Waals surface area contributed by atoms with E-state index in [9.17, 15) is 0 Å². The zero-order valence-corrected chi connectivity index (χ0v) is 12.1. The molecule has 1 nitrogen and oxygen atoms in total. The number of hydrogen-bond donors (Lipinski definition) is 1. The van der Waals surface area contributed by atoms with Crippen LogP contribution in [0.4, 0.5) is 0 Å². The standard InChI is InChI=1S/C15H25NS/c1-11(2)16-9-13-6-4-5-7-15(13)14-8-12(3)17-10-14/h8,10-11,13,15-16H,4-7,9H2,1-3H3. The molecule has 0 spiro atoms. The summed E-state index contributed by atoms with van der Waals surface area (Å²) in [7, 11) is 0. The Labute approximate surface area is 110 Å². The van der Waals surface area contributed by atoms with Gasteiger partial charge >= 0.3 is 0 Å². The summed E-state index contributed by atoms with van der Waals surface area (Å²) in [6.45, 7) is 7.90. The zero-order valence-electron chi connectivity index (χ0n) is 11.3. The van der Waals surface area contributed by atoms with Gasteiger partial charge < -0.3 is 5.32 Å². The average Bonchev–Trinajstić information content (AvgIpc) is 2.73. The fourth-order valence-corrected chi connectivity index (χ4v) is 3.70. The Kier molecular flexibility index (Phi) is 4.63. The second-order valence-corrected chi connectivity index (χ2v) is 6.82. The van der Waals surface area contributed by atoms with Crippen LogP contribution in [0.3, 0.4) is 0 Å². The van der Waals surface area contributed by atoms with Gasteiger partial charge in [-0.3, -0.25) is 0 Å². The quantitative estimate of drug-likeness (QED) is 0.840. The van der Waals surface area contributed by atoms with E-state index in [-0.39, 0.29) is 0 Å². The maximum Gasteiger partial charge on any atom is 0.00171 e. The molecule has 0 amide bonds. The average molecular weight is 251 g/mol. The van der Waals surface area contributed by atoms with E-state index in [1.54, 1.807) is 5.56 Å². The van der Waals surface area contributed by atoms with Crippen molar-refractivity contribution in [3.8, 4) is 0 Å². The monoisotopic (exact) mass is 251 g/mol. The van der Waals surface area contributed by atoms with Crippen molar-refractivity contribution < 1.29 is 0 Å². The highest BCUT2D eigenvalue weighted by atomic mass is 32.1. The summed E-state index contributed by atoms with van der Waals surface area (Å²) in [6.07, 6.45) is 5.63. The van der Waals surface area contributed by atoms with Crippen molar-refractivity contribution in [3.63, 3.8) is 0 Å². The summed E-state index contributed by atoms with van der Waals surface area (Å²) in [6, 6.07) is 3.02. The largest absolute Gasteiger partial charge is 0.314 e. The Morgan fingerprint density at radius 3 is 2.76 bits per heavy atom. The van der Waals surface area contributed by atoms with Crippen molar-refractivity contribution in [2.75, 3.05) is 6.54 Å². The molecule has 0 saturated heterocycles. The molecule has 1 aliphatic rings. The molecule has 2 atom stereocenters. The van der Waals surface area contributed by atoms with Crippen molar-refractivity contribution in [2.45, 2.75) is 58.4 Å². The first-order valence-corrected chi connectivity index (χ1v) is 7.83. The third-order valence-corrected chi connectivity index (χ3v) is 4.76. The van der Waals surface area contributed by atoms with Crippen LogP contribution in [0.25, 0.3) is 0 Å². The van der Waals surface area contributed by atoms with Gasteiger partial charge in [0.15, 0.2) is 0 Å². The van der Waals surface area contributed by atoms with E-state index < -0.39 is 0 Å². The van der Waals surface area contributed by atoms with E-state index in [1.165, 1.54) is 37.1 Å². The fraction of sp³-hybridized carbons (Fsp3) is 0.733. The summed E-state index contributed by atoms with van der Waals surface area (Å²) in [5.41, 5.74) is 1.60. The molecule has 1 aromatic rings. The van der Waals surface area contributed by atoms with Gasteiger partial charge in [-0.25, -0.2) is 0 Å². The van der Waals surface area contributed by atoms with Crippen molar-refractivity contribution in [2.24, 2.45) is 5.92 Å². The second-order valence-electron chi connectivity index (χ2n) is 5.70. The lowest BCUT2D eigenvalue weighted by atomic mass is 9.76. The number of rotatable bonds is 4. The highest BCUT2D eigenvalue weighted by Crippen LogP contribution is 2.39. The molecule has 0 bridgehead atoms. The fourth-order valence-electron chi connectivity index (χ4n) is 2.94. The van der Waals surface area contributed by atoms with Crippen LogP contribution in [0.15, 0.2) is 11.4 Å². The number of aryl methyl sites for hydroxylation is 1. The van der Waals surface area contributed by atoms with Crippen molar-refractivity contribution in [1.29, 1.82) is 0 Å². The number of hydrogen-bond acceptors (Lipinski definition) is 2. The van der Waals surface area contributed by atoms with Gasteiger partial charge in [0.25, 0.3) is 0 Å². The summed E-state index contributed by atoms with van der Waals surface area (Å²) in [4.78, 5) is 1.46. The van der Waals surface area contributed by atoms with Crippen LogP contribution in [-0.4, -0.2) is 12.6 Å². The van der Waals surface area contributed by atoms with Gasteiger partial charge in [0.1, 0.15) is 0 Å². The van der Waals surface area contributed by atoms with E-state index in [0.29, 0.717) is 6.04 Å². The molecule has 96 valence electrons. The van der Waals surface area contributed by atoms with Crippen LogP contribution >= 0.6 is 11.3 Å². The maximum absolute atomic E-state index is 3.63. The molecule has 17 heavy (non-hydrogen) atoms. The Bertz CT molecular complexity index is 342. The smallest absolute Gasteiger partial charge is 0.00171 e. The van der Waals surface area contributed by atoms with Gasteiger partial charge in [-0.1, -0.05) is 26.7 Å². The normalized spacial score (nSPS) is 25.4. The lowest BCUT2D eigenvalue weighted by Crippen LogP contribution is -2.33. The van der Waals surface area contributed by atoms with Crippen LogP contribution in [-0.2, 0) is 0 Å². The third-order valence-electron chi connectivity index (χ3n) is 3.88. The Hall–Kier alpha value is -0.340. The van der Waals surface area contributed by atoms with Gasteiger partial charge in [0.2, 0.25) is 0 Å². The zero-order chi connectivity index (χ0) is 12.3. The Balaban J connectivity index is 2.01. The van der Waals surface area contributed by atoms with E-state index in [4.69, 9.17) is 0 Å². The first-order chi connectivity index (χ1) is 8.16. The predicted molar refractivity (Wildman–Crippen MR) is 76.9 cm³/mol. The third kappa shape index (κ3) is 3.56. The summed E-state index contributed by atoms with van der Waals surface area (Å²) >= 11 is 1.90. The number of thiophene rings is 1. The molecule has 1 aliphatic carbocycles. The van der Waals surface area contributed by atoms with E-state index in [0.717, 1.165) is 11.8 Å². The van der Waals surface area contributed by atoms with Crippen LogP contribution in [0.5, 0.6) is 0 Å². The highest BCUT2D eigenvalue weighted by Gasteiger charge is 2.26. The minimum absolute atomic E-state index is 0.613. The Morgan fingerprint density at radius 2 is 2.12 bits per heavy atom. The minimum Gasteiger partial charge on any atom is -0.314 e. The maximum atomic E-state index is 3.63. The lowest BCUT2D eigenvalue weighted by Gasteiger charge is -2.32. The van der Waals surface area contributed by atoms with Crippen LogP contribution in [0.1, 0.15) is 55.9 Å². The highest BCUT2D eigenvalue weighted by molar-refractivity contribution is 7.10. The summed E-state index contributed by atoms with van der Waals surface area (Å²) in [5.74, 6) is 1.65. The molecule has 0 aliphatic heterocycles. The van der Waals surface area contributed by atoms with Gasteiger partial charge in [-0.2, -0.15) is 0 Å². The van der Waals surface area contributed by atoms with Gasteiger partial charge in [0.05, 0.1) is 0 Å². The lowest BCUT2D eigenvalue weighted by molar-refractivity contribution is 0.290. The summed E-state index contributed by atoms with van der Waals surface area (Å²) in [5, 5.41) is 6.01. The molecule has 0 aromatic carbocycles. The van der Waals surface area contributed by atoms with E-state index >= 15 is 0 Å². The molecule has 1 fully saturated rings. The number of nitrogens with one attached hydrogen (secondary N) is 1. The van der Waals surface area contributed by atoms with E-state index in [1.807, 2.05) is 11.3 Å². The SMILES string of the molecule is Cc1cc(C2CCCCC2CNC(C)C)cs1. The molecular weight excluding hydrogens is 226 g/mol. The first-order valence-electron chi connectivity index (χ1n) is 6.95. The second kappa shape index (κ2) is 6.01. The van der Waals surface area contributed by atoms with Crippen molar-refractivity contribution >= 4 is 11.3 Å². The van der Waals surface area contributed by atoms with Crippen molar-refractivity contribution in [1.82, 2.24) is 5.32 Å².